The maximum Gasteiger partial charge on any atom is 0.253 e. The molecule has 36 heavy (non-hydrogen) atoms. The molecular formula is C28H31N5O3. The smallest absolute Gasteiger partial charge is 0.253 e. The standard InChI is InChI=1S/C28H31N5O3/c1-17-9-11-18(12-10-17)21-16-29-25-24(21)26(36-20-7-5-6-8-20)32-28(31-25)30-22-14-13-19(15-23(22)35-4)27(34)33(2)3/h9-16,20H,5-8H2,1-4H3,(H2,29,30,31,32). The number of hydrogen-bond acceptors (Lipinski definition) is 6. The highest BCUT2D eigenvalue weighted by Crippen LogP contribution is 2.37. The lowest BCUT2D eigenvalue weighted by Crippen LogP contribution is -2.21. The molecule has 1 saturated carbocycles. The Morgan fingerprint density at radius 1 is 1.08 bits per heavy atom. The Balaban J connectivity index is 1.54. The van der Waals surface area contributed by atoms with Gasteiger partial charge in [-0.2, -0.15) is 9.97 Å². The van der Waals surface area contributed by atoms with Gasteiger partial charge in [0, 0.05) is 31.4 Å². The summed E-state index contributed by atoms with van der Waals surface area (Å²) in [5.41, 5.74) is 5.18. The first-order valence-corrected chi connectivity index (χ1v) is 12.2. The van der Waals surface area contributed by atoms with Gasteiger partial charge in [0.15, 0.2) is 0 Å². The second kappa shape index (κ2) is 9.89. The van der Waals surface area contributed by atoms with Crippen molar-refractivity contribution in [1.29, 1.82) is 0 Å². The number of aromatic amines is 1. The summed E-state index contributed by atoms with van der Waals surface area (Å²) in [6.07, 6.45) is 6.47. The summed E-state index contributed by atoms with van der Waals surface area (Å²) in [6.45, 7) is 2.08. The number of carbonyl (C=O) groups is 1. The number of nitrogens with one attached hydrogen (secondary N) is 2. The van der Waals surface area contributed by atoms with Gasteiger partial charge in [-0.25, -0.2) is 0 Å². The predicted molar refractivity (Wildman–Crippen MR) is 141 cm³/mol. The van der Waals surface area contributed by atoms with Crippen molar-refractivity contribution in [2.24, 2.45) is 0 Å². The zero-order valence-corrected chi connectivity index (χ0v) is 21.1. The zero-order chi connectivity index (χ0) is 25.2. The highest BCUT2D eigenvalue weighted by atomic mass is 16.5. The van der Waals surface area contributed by atoms with Crippen molar-refractivity contribution in [3.05, 3.63) is 59.8 Å². The maximum atomic E-state index is 12.4. The number of amides is 1. The van der Waals surface area contributed by atoms with E-state index in [9.17, 15) is 4.79 Å². The van der Waals surface area contributed by atoms with Gasteiger partial charge in [0.25, 0.3) is 5.91 Å². The van der Waals surface area contributed by atoms with E-state index in [2.05, 4.69) is 41.5 Å². The van der Waals surface area contributed by atoms with Crippen LogP contribution in [0, 0.1) is 6.92 Å². The average molecular weight is 486 g/mol. The van der Waals surface area contributed by atoms with Crippen LogP contribution in [0.1, 0.15) is 41.6 Å². The fourth-order valence-electron chi connectivity index (χ4n) is 4.57. The van der Waals surface area contributed by atoms with Gasteiger partial charge in [-0.3, -0.25) is 4.79 Å². The van der Waals surface area contributed by atoms with Crippen LogP contribution in [0.25, 0.3) is 22.2 Å². The van der Waals surface area contributed by atoms with Crippen molar-refractivity contribution in [3.8, 4) is 22.8 Å². The van der Waals surface area contributed by atoms with E-state index in [-0.39, 0.29) is 12.0 Å². The van der Waals surface area contributed by atoms with Gasteiger partial charge in [-0.1, -0.05) is 29.8 Å². The van der Waals surface area contributed by atoms with Crippen molar-refractivity contribution >= 4 is 28.6 Å². The summed E-state index contributed by atoms with van der Waals surface area (Å²) < 4.78 is 12.0. The van der Waals surface area contributed by atoms with Gasteiger partial charge in [0.2, 0.25) is 11.8 Å². The van der Waals surface area contributed by atoms with Crippen molar-refractivity contribution in [1.82, 2.24) is 19.9 Å². The number of anilines is 2. The van der Waals surface area contributed by atoms with E-state index >= 15 is 0 Å². The number of nitrogens with zero attached hydrogens (tertiary/aromatic N) is 3. The molecule has 2 heterocycles. The molecule has 0 spiro atoms. The highest BCUT2D eigenvalue weighted by molar-refractivity contribution is 5.98. The molecule has 5 rings (SSSR count). The lowest BCUT2D eigenvalue weighted by Gasteiger charge is -2.16. The monoisotopic (exact) mass is 485 g/mol. The third-order valence-corrected chi connectivity index (χ3v) is 6.54. The topological polar surface area (TPSA) is 92.4 Å². The molecule has 2 aromatic carbocycles. The van der Waals surface area contributed by atoms with Gasteiger partial charge in [-0.15, -0.1) is 0 Å². The minimum Gasteiger partial charge on any atom is -0.495 e. The fourth-order valence-corrected chi connectivity index (χ4v) is 4.57. The number of fused-ring (bicyclic) bond motifs is 1. The number of rotatable bonds is 7. The first-order chi connectivity index (χ1) is 17.4. The Bertz CT molecular complexity index is 1390. The van der Waals surface area contributed by atoms with E-state index in [1.807, 2.05) is 6.20 Å². The van der Waals surface area contributed by atoms with Crippen molar-refractivity contribution in [3.63, 3.8) is 0 Å². The van der Waals surface area contributed by atoms with Crippen LogP contribution < -0.4 is 14.8 Å². The Kier molecular flexibility index (Phi) is 6.50. The quantitative estimate of drug-likeness (QED) is 0.348. The van der Waals surface area contributed by atoms with Gasteiger partial charge in [0.05, 0.1) is 18.2 Å². The molecule has 2 aromatic heterocycles. The molecule has 0 saturated heterocycles. The first kappa shape index (κ1) is 23.7. The molecule has 0 radical (unpaired) electrons. The lowest BCUT2D eigenvalue weighted by atomic mass is 10.0. The van der Waals surface area contributed by atoms with Crippen molar-refractivity contribution in [2.45, 2.75) is 38.7 Å². The van der Waals surface area contributed by atoms with Crippen LogP contribution in [0.15, 0.2) is 48.7 Å². The summed E-state index contributed by atoms with van der Waals surface area (Å²) in [4.78, 5) is 26.8. The molecule has 1 fully saturated rings. The molecule has 4 aromatic rings. The van der Waals surface area contributed by atoms with Crippen LogP contribution in [-0.4, -0.2) is 53.1 Å². The molecular weight excluding hydrogens is 454 g/mol. The Morgan fingerprint density at radius 3 is 2.53 bits per heavy atom. The molecule has 0 unspecified atom stereocenters. The number of ether oxygens (including phenoxy) is 2. The second-order valence-electron chi connectivity index (χ2n) is 9.41. The van der Waals surface area contributed by atoms with E-state index in [1.54, 1.807) is 39.4 Å². The summed E-state index contributed by atoms with van der Waals surface area (Å²) in [7, 11) is 5.01. The molecule has 0 atom stereocenters. The highest BCUT2D eigenvalue weighted by Gasteiger charge is 2.23. The molecule has 1 amide bonds. The van der Waals surface area contributed by atoms with E-state index in [1.165, 1.54) is 10.5 Å². The van der Waals surface area contributed by atoms with E-state index in [0.717, 1.165) is 42.2 Å². The number of aryl methyl sites for hydroxylation is 1. The van der Waals surface area contributed by atoms with Crippen LogP contribution in [-0.2, 0) is 0 Å². The average Bonchev–Trinajstić information content (AvgIpc) is 3.54. The zero-order valence-electron chi connectivity index (χ0n) is 21.1. The van der Waals surface area contributed by atoms with Gasteiger partial charge < -0.3 is 24.7 Å². The van der Waals surface area contributed by atoms with Crippen molar-refractivity contribution in [2.75, 3.05) is 26.5 Å². The lowest BCUT2D eigenvalue weighted by molar-refractivity contribution is 0.0827. The van der Waals surface area contributed by atoms with Crippen LogP contribution in [0.3, 0.4) is 0 Å². The van der Waals surface area contributed by atoms with Gasteiger partial charge in [-0.05, 0) is 56.4 Å². The number of hydrogen-bond donors (Lipinski definition) is 2. The molecule has 0 aliphatic heterocycles. The van der Waals surface area contributed by atoms with Gasteiger partial charge >= 0.3 is 0 Å². The largest absolute Gasteiger partial charge is 0.495 e. The summed E-state index contributed by atoms with van der Waals surface area (Å²) in [5.74, 6) is 1.37. The minimum absolute atomic E-state index is 0.0974. The minimum atomic E-state index is -0.0974. The SMILES string of the molecule is COc1cc(C(=O)N(C)C)ccc1Nc1nc(OC2CCCC2)c2c(-c3ccc(C)cc3)c[nH]c2n1. The van der Waals surface area contributed by atoms with Crippen LogP contribution in [0.2, 0.25) is 0 Å². The van der Waals surface area contributed by atoms with E-state index < -0.39 is 0 Å². The molecule has 186 valence electrons. The number of H-pyrrole nitrogens is 1. The van der Waals surface area contributed by atoms with Gasteiger partial charge in [0.1, 0.15) is 17.5 Å². The van der Waals surface area contributed by atoms with Crippen LogP contribution in [0.5, 0.6) is 11.6 Å². The Morgan fingerprint density at radius 2 is 1.83 bits per heavy atom. The molecule has 8 nitrogen and oxygen atoms in total. The third kappa shape index (κ3) is 4.71. The molecule has 8 heteroatoms. The summed E-state index contributed by atoms with van der Waals surface area (Å²) in [5, 5.41) is 4.13. The van der Waals surface area contributed by atoms with Crippen molar-refractivity contribution < 1.29 is 14.3 Å². The predicted octanol–water partition coefficient (Wildman–Crippen LogP) is 5.71. The maximum absolute atomic E-state index is 12.4. The van der Waals surface area contributed by atoms with Crippen LogP contribution in [0.4, 0.5) is 11.6 Å². The molecule has 1 aliphatic carbocycles. The van der Waals surface area contributed by atoms with E-state index in [4.69, 9.17) is 19.4 Å². The Hall–Kier alpha value is -4.07. The van der Waals surface area contributed by atoms with Crippen LogP contribution >= 0.6 is 0 Å². The molecule has 1 aliphatic rings. The third-order valence-electron chi connectivity index (χ3n) is 6.54. The summed E-state index contributed by atoms with van der Waals surface area (Å²) >= 11 is 0. The normalized spacial score (nSPS) is 13.7. The number of aromatic nitrogens is 3. The first-order valence-electron chi connectivity index (χ1n) is 12.2. The number of methoxy groups -OCH3 is 1. The Labute approximate surface area is 210 Å². The fraction of sp³-hybridized carbons (Fsp3) is 0.321. The number of carbonyl (C=O) groups excluding carboxylic acids is 1. The number of benzene rings is 2. The summed E-state index contributed by atoms with van der Waals surface area (Å²) in [6, 6.07) is 13.7. The molecule has 0 bridgehead atoms. The second-order valence-corrected chi connectivity index (χ2v) is 9.41. The van der Waals surface area contributed by atoms with E-state index in [0.29, 0.717) is 34.5 Å². The molecule has 2 N–H and O–H groups in total.